The van der Waals surface area contributed by atoms with Crippen LogP contribution < -0.4 is 0 Å². The lowest BCUT2D eigenvalue weighted by Crippen LogP contribution is -2.49. The second-order valence-electron chi connectivity index (χ2n) is 7.06. The highest BCUT2D eigenvalue weighted by Gasteiger charge is 2.35. The van der Waals surface area contributed by atoms with E-state index in [1.54, 1.807) is 17.9 Å². The van der Waals surface area contributed by atoms with Gasteiger partial charge in [0.15, 0.2) is 0 Å². The van der Waals surface area contributed by atoms with Gasteiger partial charge in [-0.1, -0.05) is 12.1 Å². The molecule has 1 unspecified atom stereocenters. The van der Waals surface area contributed by atoms with Crippen molar-refractivity contribution >= 4 is 16.2 Å². The van der Waals surface area contributed by atoms with Crippen LogP contribution in [0.5, 0.6) is 0 Å². The quantitative estimate of drug-likeness (QED) is 0.767. The van der Waals surface area contributed by atoms with Crippen molar-refractivity contribution in [3.8, 4) is 0 Å². The van der Waals surface area contributed by atoms with Crippen molar-refractivity contribution in [3.63, 3.8) is 0 Å². The summed E-state index contributed by atoms with van der Waals surface area (Å²) in [4.78, 5) is 13.7. The standard InChI is InChI=1S/C18H26FN3O5S/c1-14-13-15(3-4-16(14)19)17(18(23)24)20-5-2-6-21(8-7-20)28(25,26)22-9-11-27-12-10-22/h3-4,13,17H,2,5-12H2,1H3,(H,23,24). The fourth-order valence-electron chi connectivity index (χ4n) is 3.69. The van der Waals surface area contributed by atoms with E-state index in [9.17, 15) is 22.7 Å². The lowest BCUT2D eigenvalue weighted by molar-refractivity contribution is -0.143. The van der Waals surface area contributed by atoms with Gasteiger partial charge in [0.25, 0.3) is 10.2 Å². The average molecular weight is 415 g/mol. The minimum absolute atomic E-state index is 0.212. The molecule has 0 radical (unpaired) electrons. The predicted molar refractivity (Wildman–Crippen MR) is 101 cm³/mol. The third-order valence-electron chi connectivity index (χ3n) is 5.21. The predicted octanol–water partition coefficient (Wildman–Crippen LogP) is 0.845. The molecule has 2 saturated heterocycles. The Labute approximate surface area is 164 Å². The van der Waals surface area contributed by atoms with Gasteiger partial charge in [0, 0.05) is 39.3 Å². The van der Waals surface area contributed by atoms with Crippen LogP contribution in [0.4, 0.5) is 4.39 Å². The molecule has 156 valence electrons. The first-order valence-electron chi connectivity index (χ1n) is 9.36. The van der Waals surface area contributed by atoms with Gasteiger partial charge in [-0.3, -0.25) is 9.69 Å². The van der Waals surface area contributed by atoms with Crippen molar-refractivity contribution in [2.45, 2.75) is 19.4 Å². The highest BCUT2D eigenvalue weighted by molar-refractivity contribution is 7.86. The zero-order valence-corrected chi connectivity index (χ0v) is 16.7. The number of carboxylic acid groups (broad SMARTS) is 1. The number of nitrogens with zero attached hydrogens (tertiary/aromatic N) is 3. The fraction of sp³-hybridized carbons (Fsp3) is 0.611. The number of rotatable bonds is 5. The first-order chi connectivity index (χ1) is 13.3. The van der Waals surface area contributed by atoms with Crippen molar-refractivity contribution in [2.24, 2.45) is 0 Å². The monoisotopic (exact) mass is 415 g/mol. The number of carbonyl (C=O) groups is 1. The second kappa shape index (κ2) is 8.83. The molecule has 0 aromatic heterocycles. The Kier molecular flexibility index (Phi) is 6.66. The van der Waals surface area contributed by atoms with E-state index in [-0.39, 0.29) is 18.9 Å². The molecule has 1 aromatic rings. The summed E-state index contributed by atoms with van der Waals surface area (Å²) in [5.74, 6) is -1.41. The summed E-state index contributed by atoms with van der Waals surface area (Å²) in [6.07, 6.45) is 0.521. The van der Waals surface area contributed by atoms with Gasteiger partial charge in [-0.2, -0.15) is 17.0 Å². The third-order valence-corrected chi connectivity index (χ3v) is 7.24. The van der Waals surface area contributed by atoms with Crippen LogP contribution in [0.3, 0.4) is 0 Å². The van der Waals surface area contributed by atoms with Crippen molar-refractivity contribution in [2.75, 3.05) is 52.5 Å². The smallest absolute Gasteiger partial charge is 0.325 e. The van der Waals surface area contributed by atoms with Crippen molar-refractivity contribution in [1.29, 1.82) is 0 Å². The molecule has 10 heteroatoms. The molecule has 2 aliphatic rings. The molecule has 2 aliphatic heterocycles. The SMILES string of the molecule is Cc1cc(C(C(=O)O)N2CCCN(S(=O)(=O)N3CCOCC3)CC2)ccc1F. The van der Waals surface area contributed by atoms with Gasteiger partial charge in [-0.25, -0.2) is 4.39 Å². The molecule has 0 bridgehead atoms. The van der Waals surface area contributed by atoms with E-state index in [1.165, 1.54) is 20.7 Å². The molecule has 2 fully saturated rings. The summed E-state index contributed by atoms with van der Waals surface area (Å²) in [5.41, 5.74) is 0.881. The maximum atomic E-state index is 13.6. The van der Waals surface area contributed by atoms with Gasteiger partial charge in [0.2, 0.25) is 0 Å². The topological polar surface area (TPSA) is 90.4 Å². The van der Waals surface area contributed by atoms with E-state index in [0.717, 1.165) is 0 Å². The molecule has 3 rings (SSSR count). The maximum absolute atomic E-state index is 13.6. The zero-order valence-electron chi connectivity index (χ0n) is 15.9. The number of ether oxygens (including phenoxy) is 1. The number of carboxylic acids is 1. The van der Waals surface area contributed by atoms with Gasteiger partial charge in [0.05, 0.1) is 13.2 Å². The zero-order chi connectivity index (χ0) is 20.3. The molecule has 0 amide bonds. The van der Waals surface area contributed by atoms with Crippen molar-refractivity contribution < 1.29 is 27.4 Å². The highest BCUT2D eigenvalue weighted by atomic mass is 32.2. The number of hydrogen-bond acceptors (Lipinski definition) is 5. The number of halogens is 1. The Morgan fingerprint density at radius 3 is 2.43 bits per heavy atom. The minimum atomic E-state index is -3.59. The molecule has 0 spiro atoms. The van der Waals surface area contributed by atoms with Crippen LogP contribution in [0.25, 0.3) is 0 Å². The summed E-state index contributed by atoms with van der Waals surface area (Å²) in [6, 6.07) is 3.36. The largest absolute Gasteiger partial charge is 0.480 e. The number of morpholine rings is 1. The molecule has 28 heavy (non-hydrogen) atoms. The number of benzene rings is 1. The van der Waals surface area contributed by atoms with E-state index in [2.05, 4.69) is 0 Å². The van der Waals surface area contributed by atoms with Crippen LogP contribution >= 0.6 is 0 Å². The molecule has 8 nitrogen and oxygen atoms in total. The van der Waals surface area contributed by atoms with E-state index in [1.807, 2.05) is 0 Å². The van der Waals surface area contributed by atoms with Crippen molar-refractivity contribution in [3.05, 3.63) is 35.1 Å². The first kappa shape index (κ1) is 21.1. The Balaban J connectivity index is 1.75. The van der Waals surface area contributed by atoms with Crippen LogP contribution in [0, 0.1) is 12.7 Å². The van der Waals surface area contributed by atoms with E-state index in [0.29, 0.717) is 56.9 Å². The normalized spacial score (nSPS) is 21.9. The van der Waals surface area contributed by atoms with E-state index in [4.69, 9.17) is 4.74 Å². The maximum Gasteiger partial charge on any atom is 0.325 e. The van der Waals surface area contributed by atoms with Gasteiger partial charge in [-0.05, 0) is 30.5 Å². The Hall–Kier alpha value is -1.59. The highest BCUT2D eigenvalue weighted by Crippen LogP contribution is 2.25. The summed E-state index contributed by atoms with van der Waals surface area (Å²) < 4.78 is 47.4. The molecule has 2 heterocycles. The second-order valence-corrected chi connectivity index (χ2v) is 8.99. The Morgan fingerprint density at radius 2 is 1.79 bits per heavy atom. The van der Waals surface area contributed by atoms with Crippen LogP contribution in [0.1, 0.15) is 23.6 Å². The molecule has 1 atom stereocenters. The lowest BCUT2D eigenvalue weighted by atomic mass is 10.0. The lowest BCUT2D eigenvalue weighted by Gasteiger charge is -2.32. The number of hydrogen-bond donors (Lipinski definition) is 1. The van der Waals surface area contributed by atoms with Gasteiger partial charge in [0.1, 0.15) is 11.9 Å². The first-order valence-corrected chi connectivity index (χ1v) is 10.8. The van der Waals surface area contributed by atoms with Crippen LogP contribution in [0.2, 0.25) is 0 Å². The molecular formula is C18H26FN3O5S. The minimum Gasteiger partial charge on any atom is -0.480 e. The van der Waals surface area contributed by atoms with Gasteiger partial charge >= 0.3 is 5.97 Å². The van der Waals surface area contributed by atoms with E-state index >= 15 is 0 Å². The molecule has 1 aromatic carbocycles. The number of aryl methyl sites for hydroxylation is 1. The third kappa shape index (κ3) is 4.52. The van der Waals surface area contributed by atoms with Gasteiger partial charge < -0.3 is 9.84 Å². The number of aliphatic carboxylic acids is 1. The van der Waals surface area contributed by atoms with Crippen LogP contribution in [-0.4, -0.2) is 85.5 Å². The molecular weight excluding hydrogens is 389 g/mol. The van der Waals surface area contributed by atoms with E-state index < -0.39 is 22.2 Å². The summed E-state index contributed by atoms with van der Waals surface area (Å²) in [5, 5.41) is 9.77. The Bertz CT molecular complexity index is 813. The van der Waals surface area contributed by atoms with Crippen molar-refractivity contribution in [1.82, 2.24) is 13.5 Å². The molecule has 0 aliphatic carbocycles. The van der Waals surface area contributed by atoms with Crippen LogP contribution in [0.15, 0.2) is 18.2 Å². The van der Waals surface area contributed by atoms with Crippen LogP contribution in [-0.2, 0) is 19.7 Å². The summed E-state index contributed by atoms with van der Waals surface area (Å²) in [6.45, 7) is 4.30. The Morgan fingerprint density at radius 1 is 1.11 bits per heavy atom. The fourth-order valence-corrected chi connectivity index (χ4v) is 5.30. The molecule has 1 N–H and O–H groups in total. The summed E-state index contributed by atoms with van der Waals surface area (Å²) in [7, 11) is -3.59. The molecule has 0 saturated carbocycles. The van der Waals surface area contributed by atoms with Gasteiger partial charge in [-0.15, -0.1) is 0 Å². The average Bonchev–Trinajstić information content (AvgIpc) is 2.92. The summed E-state index contributed by atoms with van der Waals surface area (Å²) >= 11 is 0.